The van der Waals surface area contributed by atoms with E-state index >= 15 is 0 Å². The zero-order valence-corrected chi connectivity index (χ0v) is 13.5. The molecular weight excluding hydrogens is 381 g/mol. The van der Waals surface area contributed by atoms with Crippen molar-refractivity contribution in [3.05, 3.63) is 16.5 Å². The van der Waals surface area contributed by atoms with Crippen molar-refractivity contribution in [2.45, 2.75) is 24.1 Å². The van der Waals surface area contributed by atoms with Crippen molar-refractivity contribution in [1.82, 2.24) is 4.72 Å². The van der Waals surface area contributed by atoms with Crippen molar-refractivity contribution in [2.24, 2.45) is 5.92 Å². The van der Waals surface area contributed by atoms with Crippen LogP contribution in [0.3, 0.4) is 0 Å². The van der Waals surface area contributed by atoms with Gasteiger partial charge in [0.1, 0.15) is 4.21 Å². The highest BCUT2D eigenvalue weighted by molar-refractivity contribution is 14.1. The standard InChI is InChI=1S/C9H13ClINO2S2/c1-6(2)7(5-11)12-16(13,14)9-4-3-8(10)15-9/h3-4,6-7,12H,5H2,1-2H3. The Labute approximate surface area is 119 Å². The van der Waals surface area contributed by atoms with Gasteiger partial charge in [0, 0.05) is 10.5 Å². The fourth-order valence-electron chi connectivity index (χ4n) is 1.05. The van der Waals surface area contributed by atoms with Gasteiger partial charge < -0.3 is 0 Å². The fourth-order valence-corrected chi connectivity index (χ4v) is 5.47. The molecule has 1 N–H and O–H groups in total. The molecule has 0 radical (unpaired) electrons. The van der Waals surface area contributed by atoms with Gasteiger partial charge in [-0.3, -0.25) is 0 Å². The molecule has 92 valence electrons. The SMILES string of the molecule is CC(C)C(CI)NS(=O)(=O)c1ccc(Cl)s1. The summed E-state index contributed by atoms with van der Waals surface area (Å²) in [5.41, 5.74) is 0. The van der Waals surface area contributed by atoms with Gasteiger partial charge in [-0.25, -0.2) is 13.1 Å². The molecule has 0 spiro atoms. The molecule has 1 rings (SSSR count). The highest BCUT2D eigenvalue weighted by atomic mass is 127. The summed E-state index contributed by atoms with van der Waals surface area (Å²) in [5.74, 6) is 0.266. The molecule has 3 nitrogen and oxygen atoms in total. The Morgan fingerprint density at radius 1 is 1.50 bits per heavy atom. The van der Waals surface area contributed by atoms with Crippen LogP contribution in [-0.4, -0.2) is 18.9 Å². The normalized spacial score (nSPS) is 14.3. The predicted octanol–water partition coefficient (Wildman–Crippen LogP) is 3.14. The summed E-state index contributed by atoms with van der Waals surface area (Å²) in [4.78, 5) is 0. The second kappa shape index (κ2) is 5.99. The molecule has 16 heavy (non-hydrogen) atoms. The van der Waals surface area contributed by atoms with E-state index in [2.05, 4.69) is 27.3 Å². The van der Waals surface area contributed by atoms with Crippen LogP contribution in [0.5, 0.6) is 0 Å². The lowest BCUT2D eigenvalue weighted by atomic mass is 10.1. The van der Waals surface area contributed by atoms with Crippen LogP contribution in [0.1, 0.15) is 13.8 Å². The zero-order chi connectivity index (χ0) is 12.3. The minimum atomic E-state index is -3.42. The van der Waals surface area contributed by atoms with Crippen LogP contribution in [0.25, 0.3) is 0 Å². The number of rotatable bonds is 5. The van der Waals surface area contributed by atoms with Gasteiger partial charge in [0.2, 0.25) is 10.0 Å². The average molecular weight is 394 g/mol. The number of nitrogens with one attached hydrogen (secondary N) is 1. The monoisotopic (exact) mass is 393 g/mol. The molecule has 0 saturated carbocycles. The van der Waals surface area contributed by atoms with Crippen molar-refractivity contribution in [3.63, 3.8) is 0 Å². The van der Waals surface area contributed by atoms with Gasteiger partial charge in [0.25, 0.3) is 0 Å². The number of alkyl halides is 1. The van der Waals surface area contributed by atoms with E-state index < -0.39 is 10.0 Å². The van der Waals surface area contributed by atoms with E-state index in [1.165, 1.54) is 6.07 Å². The molecular formula is C9H13ClINO2S2. The first-order valence-corrected chi connectivity index (χ1v) is 8.90. The Hall–Kier alpha value is 0.630. The van der Waals surface area contributed by atoms with E-state index in [4.69, 9.17) is 11.6 Å². The maximum atomic E-state index is 12.0. The molecule has 0 aliphatic heterocycles. The third kappa shape index (κ3) is 3.83. The molecule has 0 aliphatic rings. The summed E-state index contributed by atoms with van der Waals surface area (Å²) in [5, 5.41) is 0. The van der Waals surface area contributed by atoms with Crippen LogP contribution < -0.4 is 4.72 Å². The molecule has 0 amide bonds. The van der Waals surface area contributed by atoms with Gasteiger partial charge >= 0.3 is 0 Å². The summed E-state index contributed by atoms with van der Waals surface area (Å²) in [6.45, 7) is 3.99. The maximum Gasteiger partial charge on any atom is 0.250 e. The van der Waals surface area contributed by atoms with Crippen molar-refractivity contribution >= 4 is 55.6 Å². The van der Waals surface area contributed by atoms with E-state index in [9.17, 15) is 8.42 Å². The highest BCUT2D eigenvalue weighted by Gasteiger charge is 2.22. The van der Waals surface area contributed by atoms with Crippen molar-refractivity contribution < 1.29 is 8.42 Å². The second-order valence-electron chi connectivity index (χ2n) is 3.68. The van der Waals surface area contributed by atoms with E-state index in [1.807, 2.05) is 13.8 Å². The number of sulfonamides is 1. The van der Waals surface area contributed by atoms with Gasteiger partial charge in [-0.2, -0.15) is 0 Å². The Bertz CT molecular complexity index is 444. The molecule has 0 bridgehead atoms. The van der Waals surface area contributed by atoms with Gasteiger partial charge in [-0.1, -0.05) is 48.0 Å². The molecule has 1 heterocycles. The number of hydrogen-bond acceptors (Lipinski definition) is 3. The summed E-state index contributed by atoms with van der Waals surface area (Å²) >= 11 is 8.98. The van der Waals surface area contributed by atoms with E-state index in [0.29, 0.717) is 4.34 Å². The number of halogens is 2. The lowest BCUT2D eigenvalue weighted by Crippen LogP contribution is -2.39. The second-order valence-corrected chi connectivity index (χ2v) is 8.22. The molecule has 0 fully saturated rings. The van der Waals surface area contributed by atoms with Crippen molar-refractivity contribution in [2.75, 3.05) is 4.43 Å². The third-order valence-electron chi connectivity index (χ3n) is 2.09. The Balaban J connectivity index is 2.87. The van der Waals surface area contributed by atoms with Gasteiger partial charge in [0.15, 0.2) is 0 Å². The van der Waals surface area contributed by atoms with Gasteiger partial charge in [0.05, 0.1) is 4.34 Å². The summed E-state index contributed by atoms with van der Waals surface area (Å²) in [6, 6.07) is 3.07. The Morgan fingerprint density at radius 2 is 2.12 bits per heavy atom. The minimum absolute atomic E-state index is 0.0496. The molecule has 0 aromatic carbocycles. The molecule has 7 heteroatoms. The fraction of sp³-hybridized carbons (Fsp3) is 0.556. The zero-order valence-electron chi connectivity index (χ0n) is 8.91. The third-order valence-corrected chi connectivity index (χ3v) is 6.25. The summed E-state index contributed by atoms with van der Waals surface area (Å²) < 4.78 is 28.1. The number of thiophene rings is 1. The van der Waals surface area contributed by atoms with E-state index in [-0.39, 0.29) is 16.2 Å². The van der Waals surface area contributed by atoms with Crippen LogP contribution in [0, 0.1) is 5.92 Å². The lowest BCUT2D eigenvalue weighted by Gasteiger charge is -2.19. The Morgan fingerprint density at radius 3 is 2.50 bits per heavy atom. The van der Waals surface area contributed by atoms with Crippen LogP contribution in [0.2, 0.25) is 4.34 Å². The number of hydrogen-bond donors (Lipinski definition) is 1. The quantitative estimate of drug-likeness (QED) is 0.617. The molecule has 1 aromatic rings. The predicted molar refractivity (Wildman–Crippen MR) is 77.2 cm³/mol. The topological polar surface area (TPSA) is 46.2 Å². The Kier molecular flexibility index (Phi) is 5.50. The molecule has 1 unspecified atom stereocenters. The van der Waals surface area contributed by atoms with Crippen LogP contribution >= 0.6 is 45.5 Å². The van der Waals surface area contributed by atoms with Crippen LogP contribution in [0.15, 0.2) is 16.3 Å². The van der Waals surface area contributed by atoms with Crippen LogP contribution in [-0.2, 0) is 10.0 Å². The molecule has 0 saturated heterocycles. The average Bonchev–Trinajstić information content (AvgIpc) is 2.61. The first-order valence-electron chi connectivity index (χ1n) is 4.70. The lowest BCUT2D eigenvalue weighted by molar-refractivity contribution is 0.487. The van der Waals surface area contributed by atoms with Crippen LogP contribution in [0.4, 0.5) is 0 Å². The molecule has 1 aromatic heterocycles. The minimum Gasteiger partial charge on any atom is -0.206 e. The maximum absolute atomic E-state index is 12.0. The van der Waals surface area contributed by atoms with Gasteiger partial charge in [-0.05, 0) is 18.1 Å². The first-order chi connectivity index (χ1) is 7.36. The smallest absolute Gasteiger partial charge is 0.206 e. The molecule has 0 aliphatic carbocycles. The highest BCUT2D eigenvalue weighted by Crippen LogP contribution is 2.26. The van der Waals surface area contributed by atoms with Gasteiger partial charge in [-0.15, -0.1) is 11.3 Å². The summed E-state index contributed by atoms with van der Waals surface area (Å²) in [6.07, 6.45) is 0. The first kappa shape index (κ1) is 14.7. The van der Waals surface area contributed by atoms with E-state index in [1.54, 1.807) is 6.07 Å². The largest absolute Gasteiger partial charge is 0.250 e. The molecule has 1 atom stereocenters. The van der Waals surface area contributed by atoms with Crippen molar-refractivity contribution in [3.8, 4) is 0 Å². The van der Waals surface area contributed by atoms with E-state index in [0.717, 1.165) is 15.8 Å². The van der Waals surface area contributed by atoms with Crippen molar-refractivity contribution in [1.29, 1.82) is 0 Å². The summed E-state index contributed by atoms with van der Waals surface area (Å²) in [7, 11) is -3.42.